The quantitative estimate of drug-likeness (QED) is 0.773. The lowest BCUT2D eigenvalue weighted by molar-refractivity contribution is 0.202. The fraction of sp³-hybridized carbons (Fsp3) is 0.786. The van der Waals surface area contributed by atoms with Crippen LogP contribution in [0.2, 0.25) is 0 Å². The van der Waals surface area contributed by atoms with Crippen molar-refractivity contribution < 1.29 is 4.74 Å². The summed E-state index contributed by atoms with van der Waals surface area (Å²) in [5.74, 6) is 2.71. The molecular weight excluding hydrogens is 268 g/mol. The van der Waals surface area contributed by atoms with Crippen molar-refractivity contribution in [1.82, 2.24) is 15.0 Å². The summed E-state index contributed by atoms with van der Waals surface area (Å²) in [6, 6.07) is 0.419. The van der Waals surface area contributed by atoms with Crippen LogP contribution in [0, 0.1) is 5.92 Å². The summed E-state index contributed by atoms with van der Waals surface area (Å²) in [4.78, 5) is 17.6. The van der Waals surface area contributed by atoms with Gasteiger partial charge in [0, 0.05) is 40.8 Å². The van der Waals surface area contributed by atoms with Crippen LogP contribution < -0.4 is 15.1 Å². The van der Waals surface area contributed by atoms with Crippen LogP contribution in [-0.4, -0.2) is 62.4 Å². The van der Waals surface area contributed by atoms with Crippen LogP contribution in [0.15, 0.2) is 0 Å². The highest BCUT2D eigenvalue weighted by atomic mass is 16.5. The SMILES string of the molecule is CNc1nc(N(C)C)nc(N(CCOC)C(C)C2CC2)n1. The Hall–Kier alpha value is -1.63. The van der Waals surface area contributed by atoms with Crippen molar-refractivity contribution in [3.8, 4) is 0 Å². The summed E-state index contributed by atoms with van der Waals surface area (Å²) in [6.45, 7) is 3.69. The van der Waals surface area contributed by atoms with Crippen LogP contribution in [0.4, 0.5) is 17.8 Å². The predicted octanol–water partition coefficient (Wildman–Crippen LogP) is 1.23. The number of anilines is 3. The number of hydrogen-bond donors (Lipinski definition) is 1. The lowest BCUT2D eigenvalue weighted by atomic mass is 10.2. The largest absolute Gasteiger partial charge is 0.383 e. The first-order valence-corrected chi connectivity index (χ1v) is 7.43. The fourth-order valence-electron chi connectivity index (χ4n) is 2.30. The molecule has 7 heteroatoms. The molecule has 1 aliphatic rings. The lowest BCUT2D eigenvalue weighted by Crippen LogP contribution is -2.39. The van der Waals surface area contributed by atoms with E-state index in [4.69, 9.17) is 4.74 Å². The van der Waals surface area contributed by atoms with Gasteiger partial charge in [0.05, 0.1) is 6.61 Å². The van der Waals surface area contributed by atoms with Gasteiger partial charge in [0.1, 0.15) is 0 Å². The molecular formula is C14H26N6O. The zero-order chi connectivity index (χ0) is 15.4. The number of nitrogens with zero attached hydrogens (tertiary/aromatic N) is 5. The van der Waals surface area contributed by atoms with E-state index in [-0.39, 0.29) is 0 Å². The molecule has 0 amide bonds. The van der Waals surface area contributed by atoms with Gasteiger partial charge in [-0.15, -0.1) is 0 Å². The fourth-order valence-corrected chi connectivity index (χ4v) is 2.30. The molecule has 1 aliphatic carbocycles. The molecule has 1 N–H and O–H groups in total. The third-order valence-corrected chi connectivity index (χ3v) is 3.82. The van der Waals surface area contributed by atoms with Crippen LogP contribution in [0.5, 0.6) is 0 Å². The van der Waals surface area contributed by atoms with Crippen molar-refractivity contribution >= 4 is 17.8 Å². The molecule has 1 unspecified atom stereocenters. The molecule has 1 fully saturated rings. The average molecular weight is 294 g/mol. The molecule has 1 aromatic heterocycles. The Bertz CT molecular complexity index is 463. The summed E-state index contributed by atoms with van der Waals surface area (Å²) in [7, 11) is 7.41. The Labute approximate surface area is 126 Å². The first-order valence-electron chi connectivity index (χ1n) is 7.43. The Kier molecular flexibility index (Phi) is 5.17. The average Bonchev–Trinajstić information content (AvgIpc) is 3.31. The molecule has 1 aromatic rings. The van der Waals surface area contributed by atoms with Crippen molar-refractivity contribution in [2.75, 3.05) is 56.5 Å². The number of rotatable bonds is 8. The third-order valence-electron chi connectivity index (χ3n) is 3.82. The number of ether oxygens (including phenoxy) is 1. The number of methoxy groups -OCH3 is 1. The number of hydrogen-bond acceptors (Lipinski definition) is 7. The van der Waals surface area contributed by atoms with Gasteiger partial charge in [-0.3, -0.25) is 0 Å². The van der Waals surface area contributed by atoms with Gasteiger partial charge in [0.25, 0.3) is 0 Å². The van der Waals surface area contributed by atoms with E-state index in [0.29, 0.717) is 24.5 Å². The van der Waals surface area contributed by atoms with Crippen LogP contribution in [0.25, 0.3) is 0 Å². The van der Waals surface area contributed by atoms with Gasteiger partial charge in [-0.25, -0.2) is 0 Å². The highest BCUT2D eigenvalue weighted by Crippen LogP contribution is 2.36. The van der Waals surface area contributed by atoms with Crippen molar-refractivity contribution in [2.24, 2.45) is 5.92 Å². The molecule has 2 rings (SSSR count). The molecule has 0 aliphatic heterocycles. The van der Waals surface area contributed by atoms with E-state index >= 15 is 0 Å². The van der Waals surface area contributed by atoms with E-state index in [2.05, 4.69) is 32.1 Å². The first-order chi connectivity index (χ1) is 10.1. The van der Waals surface area contributed by atoms with Crippen molar-refractivity contribution in [2.45, 2.75) is 25.8 Å². The number of aromatic nitrogens is 3. The molecule has 1 saturated carbocycles. The predicted molar refractivity (Wildman–Crippen MR) is 85.1 cm³/mol. The Morgan fingerprint density at radius 2 is 1.90 bits per heavy atom. The Balaban J connectivity index is 2.30. The maximum Gasteiger partial charge on any atom is 0.232 e. The van der Waals surface area contributed by atoms with E-state index in [1.54, 1.807) is 7.11 Å². The van der Waals surface area contributed by atoms with Crippen LogP contribution in [0.3, 0.4) is 0 Å². The van der Waals surface area contributed by atoms with Gasteiger partial charge in [0.2, 0.25) is 17.8 Å². The normalized spacial score (nSPS) is 15.7. The Morgan fingerprint density at radius 3 is 2.43 bits per heavy atom. The summed E-state index contributed by atoms with van der Waals surface area (Å²) in [6.07, 6.45) is 2.57. The molecule has 0 bridgehead atoms. The highest BCUT2D eigenvalue weighted by molar-refractivity contribution is 5.45. The van der Waals surface area contributed by atoms with Gasteiger partial charge in [-0.05, 0) is 25.7 Å². The van der Waals surface area contributed by atoms with E-state index < -0.39 is 0 Å². The van der Waals surface area contributed by atoms with E-state index in [1.807, 2.05) is 26.0 Å². The monoisotopic (exact) mass is 294 g/mol. The minimum absolute atomic E-state index is 0.419. The molecule has 0 aromatic carbocycles. The third kappa shape index (κ3) is 3.93. The number of nitrogens with one attached hydrogen (secondary N) is 1. The minimum Gasteiger partial charge on any atom is -0.383 e. The topological polar surface area (TPSA) is 66.4 Å². The summed E-state index contributed by atoms with van der Waals surface area (Å²) < 4.78 is 5.24. The van der Waals surface area contributed by atoms with Gasteiger partial charge in [0.15, 0.2) is 0 Å². The van der Waals surface area contributed by atoms with Crippen molar-refractivity contribution in [1.29, 1.82) is 0 Å². The zero-order valence-electron chi connectivity index (χ0n) is 13.6. The highest BCUT2D eigenvalue weighted by Gasteiger charge is 2.33. The first kappa shape index (κ1) is 15.8. The second-order valence-corrected chi connectivity index (χ2v) is 5.67. The molecule has 0 spiro atoms. The van der Waals surface area contributed by atoms with Crippen LogP contribution >= 0.6 is 0 Å². The van der Waals surface area contributed by atoms with Crippen LogP contribution in [0.1, 0.15) is 19.8 Å². The molecule has 1 atom stereocenters. The molecule has 1 heterocycles. The summed E-state index contributed by atoms with van der Waals surface area (Å²) in [5, 5.41) is 3.01. The van der Waals surface area contributed by atoms with Crippen LogP contribution in [-0.2, 0) is 4.74 Å². The van der Waals surface area contributed by atoms with Gasteiger partial charge < -0.3 is 19.9 Å². The van der Waals surface area contributed by atoms with Gasteiger partial charge >= 0.3 is 0 Å². The molecule has 7 nitrogen and oxygen atoms in total. The van der Waals surface area contributed by atoms with Gasteiger partial charge in [-0.1, -0.05) is 0 Å². The van der Waals surface area contributed by atoms with E-state index in [1.165, 1.54) is 12.8 Å². The summed E-state index contributed by atoms with van der Waals surface area (Å²) in [5.41, 5.74) is 0. The van der Waals surface area contributed by atoms with Gasteiger partial charge in [-0.2, -0.15) is 15.0 Å². The maximum absolute atomic E-state index is 5.24. The Morgan fingerprint density at radius 1 is 1.24 bits per heavy atom. The van der Waals surface area contributed by atoms with Crippen molar-refractivity contribution in [3.05, 3.63) is 0 Å². The molecule has 0 saturated heterocycles. The van der Waals surface area contributed by atoms with E-state index in [0.717, 1.165) is 18.4 Å². The minimum atomic E-state index is 0.419. The molecule has 118 valence electrons. The molecule has 0 radical (unpaired) electrons. The standard InChI is InChI=1S/C14H26N6O/c1-10(11-6-7-11)20(8-9-21-5)14-17-12(15-2)16-13(18-14)19(3)4/h10-11H,6-9H2,1-5H3,(H,15,16,17,18). The van der Waals surface area contributed by atoms with Crippen molar-refractivity contribution in [3.63, 3.8) is 0 Å². The van der Waals surface area contributed by atoms with E-state index in [9.17, 15) is 0 Å². The second kappa shape index (κ2) is 6.89. The lowest BCUT2D eigenvalue weighted by Gasteiger charge is -2.29. The molecule has 21 heavy (non-hydrogen) atoms. The maximum atomic E-state index is 5.24. The smallest absolute Gasteiger partial charge is 0.232 e. The zero-order valence-corrected chi connectivity index (χ0v) is 13.6. The second-order valence-electron chi connectivity index (χ2n) is 5.67. The summed E-state index contributed by atoms with van der Waals surface area (Å²) >= 11 is 0.